The first-order chi connectivity index (χ1) is 14.3. The van der Waals surface area contributed by atoms with Gasteiger partial charge in [-0.15, -0.1) is 10.2 Å². The molecule has 0 saturated carbocycles. The highest BCUT2D eigenvalue weighted by molar-refractivity contribution is 8.00. The molecule has 0 aliphatic carbocycles. The van der Waals surface area contributed by atoms with Crippen LogP contribution in [0.5, 0.6) is 0 Å². The number of aromatic nitrogens is 6. The molecule has 1 aliphatic rings. The number of aromatic amines is 1. The summed E-state index contributed by atoms with van der Waals surface area (Å²) < 4.78 is 2.26. The van der Waals surface area contributed by atoms with Crippen molar-refractivity contribution >= 4 is 23.5 Å². The van der Waals surface area contributed by atoms with E-state index >= 15 is 0 Å². The number of fused-ring (bicyclic) bond motifs is 1. The first-order valence-electron chi connectivity index (χ1n) is 9.48. The van der Waals surface area contributed by atoms with Gasteiger partial charge in [-0.2, -0.15) is 0 Å². The van der Waals surface area contributed by atoms with E-state index in [1.54, 1.807) is 35.9 Å². The molecule has 0 bridgehead atoms. The number of hydrogen-bond donors (Lipinski definition) is 1. The number of benzene rings is 1. The molecule has 6 nitrogen and oxygen atoms in total. The van der Waals surface area contributed by atoms with E-state index in [0.717, 1.165) is 51.0 Å². The number of hydrogen-bond acceptors (Lipinski definition) is 6. The maximum absolute atomic E-state index is 4.84. The maximum Gasteiger partial charge on any atom is 0.191 e. The Labute approximate surface area is 177 Å². The summed E-state index contributed by atoms with van der Waals surface area (Å²) in [6, 6.07) is 14.8. The highest BCUT2D eigenvalue weighted by atomic mass is 32.2. The Morgan fingerprint density at radius 2 is 1.97 bits per heavy atom. The minimum atomic E-state index is 0.334. The number of nitrogens with one attached hydrogen (secondary N) is 1. The van der Waals surface area contributed by atoms with Gasteiger partial charge in [0, 0.05) is 41.6 Å². The van der Waals surface area contributed by atoms with Crippen LogP contribution in [-0.4, -0.2) is 41.2 Å². The molecule has 0 saturated heterocycles. The van der Waals surface area contributed by atoms with Crippen molar-refractivity contribution in [1.29, 1.82) is 0 Å². The summed E-state index contributed by atoms with van der Waals surface area (Å²) in [7, 11) is 0. The second-order valence-corrected chi connectivity index (χ2v) is 8.96. The lowest BCUT2D eigenvalue weighted by atomic mass is 10.1. The van der Waals surface area contributed by atoms with Gasteiger partial charge in [0.1, 0.15) is 0 Å². The molecular formula is C21H20N6S2. The van der Waals surface area contributed by atoms with Crippen LogP contribution >= 0.6 is 23.5 Å². The van der Waals surface area contributed by atoms with E-state index in [9.17, 15) is 0 Å². The molecule has 0 spiro atoms. The van der Waals surface area contributed by atoms with Crippen molar-refractivity contribution in [2.75, 3.05) is 11.5 Å². The summed E-state index contributed by atoms with van der Waals surface area (Å²) in [5.41, 5.74) is 4.58. The zero-order chi connectivity index (χ0) is 19.6. The summed E-state index contributed by atoms with van der Waals surface area (Å²) in [6.45, 7) is 2.10. The monoisotopic (exact) mass is 420 g/mol. The van der Waals surface area contributed by atoms with Gasteiger partial charge >= 0.3 is 0 Å². The lowest BCUT2D eigenvalue weighted by Crippen LogP contribution is -2.11. The van der Waals surface area contributed by atoms with Crippen LogP contribution in [0.15, 0.2) is 65.2 Å². The molecular weight excluding hydrogens is 400 g/mol. The Bertz CT molecular complexity index is 1110. The molecule has 3 aromatic heterocycles. The van der Waals surface area contributed by atoms with Gasteiger partial charge in [0.25, 0.3) is 0 Å². The third-order valence-electron chi connectivity index (χ3n) is 4.96. The number of H-pyrrole nitrogens is 1. The van der Waals surface area contributed by atoms with E-state index in [0.29, 0.717) is 6.04 Å². The molecule has 5 rings (SSSR count). The van der Waals surface area contributed by atoms with Crippen molar-refractivity contribution in [3.05, 3.63) is 71.8 Å². The molecule has 1 atom stereocenters. The smallest absolute Gasteiger partial charge is 0.191 e. The molecule has 4 heterocycles. The summed E-state index contributed by atoms with van der Waals surface area (Å²) in [4.78, 5) is 12.4. The van der Waals surface area contributed by atoms with Crippen molar-refractivity contribution in [3.63, 3.8) is 0 Å². The Hall–Kier alpha value is -2.58. The molecule has 8 heteroatoms. The first-order valence-corrected chi connectivity index (χ1v) is 11.5. The van der Waals surface area contributed by atoms with Gasteiger partial charge in [-0.3, -0.25) is 9.55 Å². The van der Waals surface area contributed by atoms with Crippen molar-refractivity contribution in [1.82, 2.24) is 29.7 Å². The first kappa shape index (κ1) is 18.4. The van der Waals surface area contributed by atoms with Gasteiger partial charge in [-0.05, 0) is 24.6 Å². The molecule has 4 aromatic rings. The van der Waals surface area contributed by atoms with Crippen LogP contribution in [0.25, 0.3) is 11.4 Å². The Balaban J connectivity index is 1.30. The number of thioether (sulfide) groups is 2. The zero-order valence-corrected chi connectivity index (χ0v) is 17.6. The van der Waals surface area contributed by atoms with Crippen molar-refractivity contribution < 1.29 is 0 Å². The molecule has 0 radical (unpaired) electrons. The summed E-state index contributed by atoms with van der Waals surface area (Å²) in [5, 5.41) is 10.7. The van der Waals surface area contributed by atoms with Gasteiger partial charge < -0.3 is 4.98 Å². The van der Waals surface area contributed by atoms with Crippen LogP contribution < -0.4 is 0 Å². The molecule has 0 unspecified atom stereocenters. The average Bonchev–Trinajstić information content (AvgIpc) is 3.44. The van der Waals surface area contributed by atoms with E-state index in [-0.39, 0.29) is 0 Å². The lowest BCUT2D eigenvalue weighted by Gasteiger charge is -2.13. The molecule has 146 valence electrons. The van der Waals surface area contributed by atoms with Gasteiger partial charge in [-0.25, -0.2) is 4.98 Å². The molecule has 0 amide bonds. The van der Waals surface area contributed by atoms with E-state index in [4.69, 9.17) is 4.98 Å². The highest BCUT2D eigenvalue weighted by Crippen LogP contribution is 2.38. The minimum absolute atomic E-state index is 0.334. The van der Waals surface area contributed by atoms with Gasteiger partial charge in [0.2, 0.25) is 0 Å². The predicted molar refractivity (Wildman–Crippen MR) is 116 cm³/mol. The Morgan fingerprint density at radius 1 is 1.14 bits per heavy atom. The van der Waals surface area contributed by atoms with Crippen LogP contribution in [0.2, 0.25) is 0 Å². The van der Waals surface area contributed by atoms with E-state index in [2.05, 4.69) is 55.9 Å². The molecule has 1 aliphatic heterocycles. The van der Waals surface area contributed by atoms with Crippen LogP contribution in [0.4, 0.5) is 0 Å². The fourth-order valence-electron chi connectivity index (χ4n) is 3.44. The fourth-order valence-corrected chi connectivity index (χ4v) is 5.69. The average molecular weight is 421 g/mol. The normalized spacial score (nSPS) is 15.6. The van der Waals surface area contributed by atoms with Crippen molar-refractivity contribution in [3.8, 4) is 11.4 Å². The Morgan fingerprint density at radius 3 is 2.79 bits per heavy atom. The minimum Gasteiger partial charge on any atom is -0.337 e. The summed E-state index contributed by atoms with van der Waals surface area (Å²) in [5.74, 6) is 2.85. The molecule has 1 N–H and O–H groups in total. The van der Waals surface area contributed by atoms with E-state index in [1.807, 2.05) is 18.2 Å². The number of aryl methyl sites for hydroxylation is 1. The van der Waals surface area contributed by atoms with Crippen LogP contribution in [0.1, 0.15) is 23.0 Å². The van der Waals surface area contributed by atoms with Gasteiger partial charge in [0.15, 0.2) is 16.1 Å². The number of nitrogens with zero attached hydrogens (tertiary/aromatic N) is 5. The van der Waals surface area contributed by atoms with Crippen LogP contribution in [0.3, 0.4) is 0 Å². The molecule has 1 aromatic carbocycles. The van der Waals surface area contributed by atoms with Gasteiger partial charge in [-0.1, -0.05) is 53.9 Å². The lowest BCUT2D eigenvalue weighted by molar-refractivity contribution is 0.596. The maximum atomic E-state index is 4.84. The van der Waals surface area contributed by atoms with Crippen LogP contribution in [0, 0.1) is 6.92 Å². The quantitative estimate of drug-likeness (QED) is 0.466. The van der Waals surface area contributed by atoms with Crippen molar-refractivity contribution in [2.45, 2.75) is 29.7 Å². The molecule has 29 heavy (non-hydrogen) atoms. The van der Waals surface area contributed by atoms with Crippen molar-refractivity contribution in [2.24, 2.45) is 0 Å². The van der Waals surface area contributed by atoms with Crippen LogP contribution in [-0.2, 0) is 6.42 Å². The summed E-state index contributed by atoms with van der Waals surface area (Å²) in [6.07, 6.45) is 4.44. The third-order valence-corrected chi connectivity index (χ3v) is 7.07. The number of imidazole rings is 1. The number of pyridine rings is 1. The molecule has 0 fully saturated rings. The second kappa shape index (κ2) is 8.04. The van der Waals surface area contributed by atoms with E-state index < -0.39 is 0 Å². The summed E-state index contributed by atoms with van der Waals surface area (Å²) >= 11 is 3.53. The largest absolute Gasteiger partial charge is 0.337 e. The SMILES string of the molecule is Cc1[nH]c(SC[C@H]2CSc3nnc(-c4ccncc4)n32)nc1Cc1ccccc1. The highest BCUT2D eigenvalue weighted by Gasteiger charge is 2.28. The topological polar surface area (TPSA) is 72.3 Å². The number of rotatable bonds is 6. The second-order valence-electron chi connectivity index (χ2n) is 6.96. The standard InChI is InChI=1S/C21H20N6S2/c1-14-18(11-15-5-3-2-4-6-15)24-20(23-14)28-12-17-13-29-21-26-25-19(27(17)21)16-7-9-22-10-8-16/h2-10,17H,11-13H2,1H3,(H,23,24)/t17-/m0/s1. The van der Waals surface area contributed by atoms with Gasteiger partial charge in [0.05, 0.1) is 11.7 Å². The Kier molecular flexibility index (Phi) is 5.12. The van der Waals surface area contributed by atoms with E-state index in [1.165, 1.54) is 5.56 Å². The fraction of sp³-hybridized carbons (Fsp3) is 0.238. The zero-order valence-electron chi connectivity index (χ0n) is 15.9. The third kappa shape index (κ3) is 3.82. The predicted octanol–water partition coefficient (Wildman–Crippen LogP) is 4.40.